The molecule has 1 aromatic heterocycles. The second kappa shape index (κ2) is 5.50. The molecule has 102 valence electrons. The van der Waals surface area contributed by atoms with Gasteiger partial charge in [0.15, 0.2) is 0 Å². The van der Waals surface area contributed by atoms with Crippen LogP contribution in [0, 0.1) is 10.1 Å². The normalized spacial score (nSPS) is 18.6. The highest BCUT2D eigenvalue weighted by molar-refractivity contribution is 6.29. The van der Waals surface area contributed by atoms with Crippen molar-refractivity contribution in [3.63, 3.8) is 0 Å². The molecule has 0 unspecified atom stereocenters. The van der Waals surface area contributed by atoms with Gasteiger partial charge in [0.1, 0.15) is 16.9 Å². The Balaban J connectivity index is 2.37. The van der Waals surface area contributed by atoms with Gasteiger partial charge in [0.25, 0.3) is 11.6 Å². The number of carbonyl (C=O) groups is 1. The number of rotatable bonds is 3. The first-order valence-electron chi connectivity index (χ1n) is 5.76. The third-order valence-electron chi connectivity index (χ3n) is 3.13. The molecule has 1 amide bonds. The van der Waals surface area contributed by atoms with Crippen molar-refractivity contribution in [2.45, 2.75) is 18.9 Å². The zero-order chi connectivity index (χ0) is 14.0. The van der Waals surface area contributed by atoms with Crippen molar-refractivity contribution in [3.05, 3.63) is 33.1 Å². The van der Waals surface area contributed by atoms with Gasteiger partial charge in [0, 0.05) is 6.54 Å². The number of nitro groups is 1. The van der Waals surface area contributed by atoms with Crippen molar-refractivity contribution in [2.75, 3.05) is 13.2 Å². The summed E-state index contributed by atoms with van der Waals surface area (Å²) in [6.45, 7) is 0.319. The van der Waals surface area contributed by atoms with E-state index in [0.29, 0.717) is 13.0 Å². The second-order valence-corrected chi connectivity index (χ2v) is 4.65. The average molecular weight is 286 g/mol. The maximum Gasteiger partial charge on any atom is 0.300 e. The molecular weight excluding hydrogens is 274 g/mol. The number of aliphatic hydroxyl groups excluding tert-OH is 1. The van der Waals surface area contributed by atoms with Crippen molar-refractivity contribution in [3.8, 4) is 0 Å². The summed E-state index contributed by atoms with van der Waals surface area (Å²) in [5.74, 6) is -0.493. The first-order chi connectivity index (χ1) is 9.04. The van der Waals surface area contributed by atoms with Crippen LogP contribution in [-0.2, 0) is 0 Å². The van der Waals surface area contributed by atoms with E-state index in [1.165, 1.54) is 11.0 Å². The Hall–Kier alpha value is -1.73. The first-order valence-corrected chi connectivity index (χ1v) is 6.14. The van der Waals surface area contributed by atoms with Crippen LogP contribution in [0.25, 0.3) is 0 Å². The lowest BCUT2D eigenvalue weighted by Gasteiger charge is -2.22. The van der Waals surface area contributed by atoms with Crippen molar-refractivity contribution in [2.24, 2.45) is 0 Å². The highest BCUT2D eigenvalue weighted by Crippen LogP contribution is 2.26. The van der Waals surface area contributed by atoms with E-state index in [9.17, 15) is 20.0 Å². The molecule has 1 aliphatic heterocycles. The Bertz CT molecular complexity index is 523. The van der Waals surface area contributed by atoms with Gasteiger partial charge in [-0.15, -0.1) is 0 Å². The van der Waals surface area contributed by atoms with Gasteiger partial charge in [-0.1, -0.05) is 11.6 Å². The highest BCUT2D eigenvalue weighted by atomic mass is 35.5. The molecule has 0 spiro atoms. The number of hydrogen-bond donors (Lipinski definition) is 1. The van der Waals surface area contributed by atoms with Crippen molar-refractivity contribution in [1.82, 2.24) is 9.88 Å². The minimum absolute atomic E-state index is 0.0219. The van der Waals surface area contributed by atoms with Crippen LogP contribution < -0.4 is 0 Å². The summed E-state index contributed by atoms with van der Waals surface area (Å²) in [6.07, 6.45) is 2.43. The largest absolute Gasteiger partial charge is 0.394 e. The number of aromatic nitrogens is 1. The molecule has 0 aliphatic carbocycles. The van der Waals surface area contributed by atoms with E-state index in [1.54, 1.807) is 0 Å². The number of halogens is 1. The van der Waals surface area contributed by atoms with Gasteiger partial charge >= 0.3 is 0 Å². The van der Waals surface area contributed by atoms with Crippen molar-refractivity contribution in [1.29, 1.82) is 0 Å². The lowest BCUT2D eigenvalue weighted by atomic mass is 10.2. The van der Waals surface area contributed by atoms with Crippen LogP contribution in [0.1, 0.15) is 23.2 Å². The van der Waals surface area contributed by atoms with Crippen LogP contribution in [0.15, 0.2) is 12.3 Å². The number of amides is 1. The molecule has 1 N–H and O–H groups in total. The molecule has 0 bridgehead atoms. The van der Waals surface area contributed by atoms with Gasteiger partial charge in [-0.3, -0.25) is 14.9 Å². The fraction of sp³-hybridized carbons (Fsp3) is 0.455. The van der Waals surface area contributed by atoms with E-state index in [0.717, 1.165) is 12.6 Å². The molecule has 0 saturated carbocycles. The predicted molar refractivity (Wildman–Crippen MR) is 67.0 cm³/mol. The second-order valence-electron chi connectivity index (χ2n) is 4.26. The summed E-state index contributed by atoms with van der Waals surface area (Å²) in [6, 6.07) is 0.897. The minimum atomic E-state index is -0.666. The van der Waals surface area contributed by atoms with Gasteiger partial charge in [-0.25, -0.2) is 4.98 Å². The topological polar surface area (TPSA) is 96.6 Å². The third-order valence-corrected chi connectivity index (χ3v) is 3.33. The minimum Gasteiger partial charge on any atom is -0.394 e. The predicted octanol–water partition coefficient (Wildman–Crippen LogP) is 1.24. The number of carbonyl (C=O) groups excluding carboxylic acids is 1. The van der Waals surface area contributed by atoms with Crippen LogP contribution in [0.5, 0.6) is 0 Å². The molecule has 8 heteroatoms. The number of hydrogen-bond acceptors (Lipinski definition) is 5. The first kappa shape index (κ1) is 13.7. The summed E-state index contributed by atoms with van der Waals surface area (Å²) < 4.78 is 0. The van der Waals surface area contributed by atoms with Crippen molar-refractivity contribution < 1.29 is 14.8 Å². The SMILES string of the molecule is O=C(c1cc(Cl)ncc1[N+](=O)[O-])N1CCC[C@H]1CO. The Morgan fingerprint density at radius 1 is 1.68 bits per heavy atom. The van der Waals surface area contributed by atoms with Crippen LogP contribution in [-0.4, -0.2) is 45.0 Å². The maximum atomic E-state index is 12.3. The van der Waals surface area contributed by atoms with E-state index >= 15 is 0 Å². The van der Waals surface area contributed by atoms with Crippen LogP contribution in [0.4, 0.5) is 5.69 Å². The Morgan fingerprint density at radius 3 is 3.05 bits per heavy atom. The molecule has 1 fully saturated rings. The molecule has 1 saturated heterocycles. The van der Waals surface area contributed by atoms with Gasteiger partial charge in [0.05, 0.1) is 17.6 Å². The molecule has 19 heavy (non-hydrogen) atoms. The Labute approximate surface area is 114 Å². The van der Waals surface area contributed by atoms with E-state index in [-0.39, 0.29) is 29.1 Å². The highest BCUT2D eigenvalue weighted by Gasteiger charge is 2.32. The van der Waals surface area contributed by atoms with Crippen LogP contribution in [0.2, 0.25) is 5.15 Å². The molecule has 2 rings (SSSR count). The zero-order valence-corrected chi connectivity index (χ0v) is 10.7. The smallest absolute Gasteiger partial charge is 0.300 e. The number of aliphatic hydroxyl groups is 1. The molecule has 1 aromatic rings. The molecule has 1 aliphatic rings. The van der Waals surface area contributed by atoms with Gasteiger partial charge < -0.3 is 10.0 Å². The fourth-order valence-electron chi connectivity index (χ4n) is 2.19. The molecule has 7 nitrogen and oxygen atoms in total. The molecular formula is C11H12ClN3O4. The average Bonchev–Trinajstić information content (AvgIpc) is 2.85. The van der Waals surface area contributed by atoms with E-state index in [1.807, 2.05) is 0 Å². The van der Waals surface area contributed by atoms with Crippen molar-refractivity contribution >= 4 is 23.2 Å². The summed E-state index contributed by atoms with van der Waals surface area (Å²) in [5, 5.41) is 20.1. The van der Waals surface area contributed by atoms with Gasteiger partial charge in [-0.05, 0) is 18.9 Å². The standard InChI is InChI=1S/C11H12ClN3O4/c12-10-4-8(9(5-13-10)15(18)19)11(17)14-3-1-2-7(14)6-16/h4-5,7,16H,1-3,6H2/t7-/m0/s1. The fourth-order valence-corrected chi connectivity index (χ4v) is 2.34. The molecule has 1 atom stereocenters. The summed E-state index contributed by atoms with van der Waals surface area (Å²) in [5.41, 5.74) is -0.469. The number of pyridine rings is 1. The Morgan fingerprint density at radius 2 is 2.42 bits per heavy atom. The molecule has 0 aromatic carbocycles. The number of likely N-dealkylation sites (tertiary alicyclic amines) is 1. The van der Waals surface area contributed by atoms with Crippen LogP contribution >= 0.6 is 11.6 Å². The number of nitrogens with zero attached hydrogens (tertiary/aromatic N) is 3. The van der Waals surface area contributed by atoms with E-state index in [4.69, 9.17) is 11.6 Å². The van der Waals surface area contributed by atoms with E-state index < -0.39 is 10.8 Å². The maximum absolute atomic E-state index is 12.3. The Kier molecular flexibility index (Phi) is 3.96. The zero-order valence-electron chi connectivity index (χ0n) is 9.95. The monoisotopic (exact) mass is 285 g/mol. The van der Waals surface area contributed by atoms with E-state index in [2.05, 4.69) is 4.98 Å². The molecule has 2 heterocycles. The quantitative estimate of drug-likeness (QED) is 0.512. The summed E-state index contributed by atoms with van der Waals surface area (Å²) in [7, 11) is 0. The third kappa shape index (κ3) is 2.66. The summed E-state index contributed by atoms with van der Waals surface area (Å²) in [4.78, 5) is 27.6. The van der Waals surface area contributed by atoms with Crippen LogP contribution in [0.3, 0.4) is 0 Å². The lowest BCUT2D eigenvalue weighted by molar-refractivity contribution is -0.385. The molecule has 0 radical (unpaired) electrons. The van der Waals surface area contributed by atoms with Gasteiger partial charge in [0.2, 0.25) is 0 Å². The lowest BCUT2D eigenvalue weighted by Crippen LogP contribution is -2.37. The van der Waals surface area contributed by atoms with Gasteiger partial charge in [-0.2, -0.15) is 0 Å². The summed E-state index contributed by atoms with van der Waals surface area (Å²) >= 11 is 5.69.